The Labute approximate surface area is 133 Å². The molecule has 0 radical (unpaired) electrons. The first-order chi connectivity index (χ1) is 10.3. The molecule has 1 atom stereocenters. The third-order valence-corrected chi connectivity index (χ3v) is 4.56. The van der Waals surface area contributed by atoms with Crippen molar-refractivity contribution in [1.29, 1.82) is 0 Å². The first kappa shape index (κ1) is 14.8. The van der Waals surface area contributed by atoms with E-state index in [0.29, 0.717) is 11.6 Å². The highest BCUT2D eigenvalue weighted by Crippen LogP contribution is 2.25. The van der Waals surface area contributed by atoms with Crippen molar-refractivity contribution in [3.05, 3.63) is 45.9 Å². The first-order valence-corrected chi connectivity index (χ1v) is 8.19. The van der Waals surface area contributed by atoms with E-state index in [1.165, 1.54) is 0 Å². The number of aromatic nitrogens is 1. The van der Waals surface area contributed by atoms with Crippen LogP contribution in [0, 0.1) is 0 Å². The molecule has 0 unspecified atom stereocenters. The summed E-state index contributed by atoms with van der Waals surface area (Å²) in [6.45, 7) is 3.99. The predicted octanol–water partition coefficient (Wildman–Crippen LogP) is 3.25. The maximum Gasteiger partial charge on any atom is 0.137 e. The van der Waals surface area contributed by atoms with Crippen LogP contribution in [0.25, 0.3) is 0 Å². The summed E-state index contributed by atoms with van der Waals surface area (Å²) < 4.78 is 11.5. The summed E-state index contributed by atoms with van der Waals surface area (Å²) in [4.78, 5) is 6.67. The zero-order chi connectivity index (χ0) is 14.5. The average Bonchev–Trinajstić information content (AvgIpc) is 3.04. The van der Waals surface area contributed by atoms with E-state index in [9.17, 15) is 0 Å². The first-order valence-electron chi connectivity index (χ1n) is 6.93. The Hall–Kier alpha value is -1.14. The fourth-order valence-electron chi connectivity index (χ4n) is 2.30. The SMILES string of the molecule is Clc1ccccc1OCCN1CCO[C@H](c2nccs2)C1. The van der Waals surface area contributed by atoms with Gasteiger partial charge in [0.15, 0.2) is 0 Å². The standard InChI is InChI=1S/C15H17ClN2O2S/c16-12-3-1-2-4-13(12)19-8-6-18-7-9-20-14(11-18)15-17-5-10-21-15/h1-5,10,14H,6-9,11H2/t14-/m0/s1. The summed E-state index contributed by atoms with van der Waals surface area (Å²) in [5.74, 6) is 0.740. The number of para-hydroxylation sites is 1. The van der Waals surface area contributed by atoms with Gasteiger partial charge in [0.1, 0.15) is 23.5 Å². The van der Waals surface area contributed by atoms with Crippen molar-refractivity contribution in [2.24, 2.45) is 0 Å². The maximum atomic E-state index is 6.07. The van der Waals surface area contributed by atoms with Gasteiger partial charge in [0.2, 0.25) is 0 Å². The van der Waals surface area contributed by atoms with E-state index in [1.807, 2.05) is 35.8 Å². The quantitative estimate of drug-likeness (QED) is 0.845. The molecule has 4 nitrogen and oxygen atoms in total. The summed E-state index contributed by atoms with van der Waals surface area (Å²) in [6.07, 6.45) is 1.90. The molecule has 0 spiro atoms. The highest BCUT2D eigenvalue weighted by atomic mass is 35.5. The normalized spacial score (nSPS) is 19.6. The van der Waals surface area contributed by atoms with Gasteiger partial charge < -0.3 is 9.47 Å². The van der Waals surface area contributed by atoms with Gasteiger partial charge >= 0.3 is 0 Å². The Morgan fingerprint density at radius 2 is 2.33 bits per heavy atom. The molecule has 1 aliphatic heterocycles. The van der Waals surface area contributed by atoms with Gasteiger partial charge in [-0.15, -0.1) is 11.3 Å². The van der Waals surface area contributed by atoms with Crippen LogP contribution in [0.4, 0.5) is 0 Å². The van der Waals surface area contributed by atoms with E-state index in [2.05, 4.69) is 9.88 Å². The highest BCUT2D eigenvalue weighted by molar-refractivity contribution is 7.09. The van der Waals surface area contributed by atoms with Crippen molar-refractivity contribution in [2.75, 3.05) is 32.8 Å². The van der Waals surface area contributed by atoms with Crippen LogP contribution in [0.2, 0.25) is 5.02 Å². The number of rotatable bonds is 5. The average molecular weight is 325 g/mol. The number of halogens is 1. The van der Waals surface area contributed by atoms with Gasteiger partial charge in [-0.25, -0.2) is 4.98 Å². The lowest BCUT2D eigenvalue weighted by molar-refractivity contribution is -0.0329. The number of thiazole rings is 1. The fraction of sp³-hybridized carbons (Fsp3) is 0.400. The zero-order valence-electron chi connectivity index (χ0n) is 11.6. The van der Waals surface area contributed by atoms with Crippen molar-refractivity contribution in [1.82, 2.24) is 9.88 Å². The third kappa shape index (κ3) is 3.95. The Kier molecular flexibility index (Phi) is 5.08. The van der Waals surface area contributed by atoms with E-state index >= 15 is 0 Å². The molecule has 3 rings (SSSR count). The maximum absolute atomic E-state index is 6.07. The largest absolute Gasteiger partial charge is 0.491 e. The minimum atomic E-state index is 0.0825. The molecule has 112 valence electrons. The summed E-state index contributed by atoms with van der Waals surface area (Å²) in [5.41, 5.74) is 0. The molecule has 1 saturated heterocycles. The molecule has 2 aromatic rings. The number of hydrogen-bond acceptors (Lipinski definition) is 5. The number of morpholine rings is 1. The van der Waals surface area contributed by atoms with Gasteiger partial charge in [-0.05, 0) is 12.1 Å². The molecule has 21 heavy (non-hydrogen) atoms. The molecule has 1 aromatic carbocycles. The van der Waals surface area contributed by atoms with E-state index in [0.717, 1.165) is 37.0 Å². The van der Waals surface area contributed by atoms with Crippen LogP contribution < -0.4 is 4.74 Å². The van der Waals surface area contributed by atoms with E-state index < -0.39 is 0 Å². The Morgan fingerprint density at radius 3 is 3.14 bits per heavy atom. The van der Waals surface area contributed by atoms with Gasteiger partial charge in [0, 0.05) is 31.2 Å². The molecule has 6 heteroatoms. The second-order valence-corrected chi connectivity index (χ2v) is 6.14. The summed E-state index contributed by atoms with van der Waals surface area (Å²) in [6, 6.07) is 7.55. The van der Waals surface area contributed by atoms with Crippen LogP contribution in [0.1, 0.15) is 11.1 Å². The van der Waals surface area contributed by atoms with Gasteiger partial charge in [0.25, 0.3) is 0 Å². The Morgan fingerprint density at radius 1 is 1.43 bits per heavy atom. The van der Waals surface area contributed by atoms with Crippen LogP contribution in [0.5, 0.6) is 5.75 Å². The number of hydrogen-bond donors (Lipinski definition) is 0. The molecule has 0 bridgehead atoms. The summed E-state index contributed by atoms with van der Waals surface area (Å²) >= 11 is 7.71. The summed E-state index contributed by atoms with van der Waals surface area (Å²) in [7, 11) is 0. The van der Waals surface area contributed by atoms with Crippen LogP contribution in [-0.4, -0.2) is 42.7 Å². The minimum Gasteiger partial charge on any atom is -0.491 e. The van der Waals surface area contributed by atoms with Crippen molar-refractivity contribution in [3.8, 4) is 5.75 Å². The predicted molar refractivity (Wildman–Crippen MR) is 84.2 cm³/mol. The van der Waals surface area contributed by atoms with E-state index in [4.69, 9.17) is 21.1 Å². The number of benzene rings is 1. The minimum absolute atomic E-state index is 0.0825. The van der Waals surface area contributed by atoms with E-state index in [-0.39, 0.29) is 6.10 Å². The van der Waals surface area contributed by atoms with Gasteiger partial charge in [-0.3, -0.25) is 4.90 Å². The molecular formula is C15H17ClN2O2S. The smallest absolute Gasteiger partial charge is 0.137 e. The molecule has 0 aliphatic carbocycles. The second kappa shape index (κ2) is 7.22. The molecule has 2 heterocycles. The van der Waals surface area contributed by atoms with Crippen LogP contribution in [-0.2, 0) is 4.74 Å². The fourth-order valence-corrected chi connectivity index (χ4v) is 3.16. The van der Waals surface area contributed by atoms with Crippen molar-refractivity contribution in [3.63, 3.8) is 0 Å². The monoisotopic (exact) mass is 324 g/mol. The Bertz CT molecular complexity index is 565. The molecule has 0 amide bonds. The molecule has 1 aromatic heterocycles. The molecule has 1 aliphatic rings. The zero-order valence-corrected chi connectivity index (χ0v) is 13.1. The van der Waals surface area contributed by atoms with Crippen LogP contribution in [0.15, 0.2) is 35.8 Å². The molecular weight excluding hydrogens is 308 g/mol. The molecule has 1 fully saturated rings. The molecule has 0 saturated carbocycles. The topological polar surface area (TPSA) is 34.6 Å². The Balaban J connectivity index is 1.48. The van der Waals surface area contributed by atoms with Crippen molar-refractivity contribution >= 4 is 22.9 Å². The lowest BCUT2D eigenvalue weighted by atomic mass is 10.3. The van der Waals surface area contributed by atoms with Gasteiger partial charge in [-0.1, -0.05) is 23.7 Å². The highest BCUT2D eigenvalue weighted by Gasteiger charge is 2.23. The van der Waals surface area contributed by atoms with Gasteiger partial charge in [-0.2, -0.15) is 0 Å². The van der Waals surface area contributed by atoms with E-state index in [1.54, 1.807) is 11.3 Å². The van der Waals surface area contributed by atoms with Gasteiger partial charge in [0.05, 0.1) is 11.6 Å². The van der Waals surface area contributed by atoms with Crippen molar-refractivity contribution in [2.45, 2.75) is 6.10 Å². The van der Waals surface area contributed by atoms with Crippen LogP contribution in [0.3, 0.4) is 0 Å². The summed E-state index contributed by atoms with van der Waals surface area (Å²) in [5, 5.41) is 3.69. The lowest BCUT2D eigenvalue weighted by Gasteiger charge is -2.31. The lowest BCUT2D eigenvalue weighted by Crippen LogP contribution is -2.40. The second-order valence-electron chi connectivity index (χ2n) is 4.81. The third-order valence-electron chi connectivity index (χ3n) is 3.38. The molecule has 0 N–H and O–H groups in total. The number of nitrogens with zero attached hydrogens (tertiary/aromatic N) is 2. The van der Waals surface area contributed by atoms with Crippen molar-refractivity contribution < 1.29 is 9.47 Å². The van der Waals surface area contributed by atoms with Crippen LogP contribution >= 0.6 is 22.9 Å². The number of ether oxygens (including phenoxy) is 2.